The van der Waals surface area contributed by atoms with E-state index in [9.17, 15) is 4.79 Å². The van der Waals surface area contributed by atoms with E-state index in [0.29, 0.717) is 17.5 Å². The molecule has 2 aromatic rings. The van der Waals surface area contributed by atoms with E-state index in [0.717, 1.165) is 16.7 Å². The highest BCUT2D eigenvalue weighted by molar-refractivity contribution is 6.10. The van der Waals surface area contributed by atoms with Gasteiger partial charge in [0.15, 0.2) is 5.78 Å². The van der Waals surface area contributed by atoms with Crippen LogP contribution < -0.4 is 0 Å². The highest BCUT2D eigenvalue weighted by Gasteiger charge is 2.13. The van der Waals surface area contributed by atoms with Crippen LogP contribution in [0.25, 0.3) is 0 Å². The van der Waals surface area contributed by atoms with Crippen molar-refractivity contribution in [1.82, 2.24) is 0 Å². The van der Waals surface area contributed by atoms with Gasteiger partial charge >= 0.3 is 0 Å². The lowest BCUT2D eigenvalue weighted by Gasteiger charge is -2.10. The van der Waals surface area contributed by atoms with Crippen molar-refractivity contribution in [2.45, 2.75) is 20.3 Å². The van der Waals surface area contributed by atoms with E-state index in [-0.39, 0.29) is 5.78 Å². The molecule has 0 aliphatic heterocycles. The summed E-state index contributed by atoms with van der Waals surface area (Å²) in [5.41, 5.74) is 4.29. The summed E-state index contributed by atoms with van der Waals surface area (Å²) in [7, 11) is 0. The van der Waals surface area contributed by atoms with Gasteiger partial charge in [0.2, 0.25) is 0 Å². The molecule has 0 fully saturated rings. The zero-order chi connectivity index (χ0) is 13.8. The van der Waals surface area contributed by atoms with Crippen LogP contribution >= 0.6 is 0 Å². The maximum Gasteiger partial charge on any atom is 0.193 e. The Morgan fingerprint density at radius 1 is 1.11 bits per heavy atom. The van der Waals surface area contributed by atoms with E-state index in [2.05, 4.69) is 6.07 Å². The number of benzene rings is 2. The predicted molar refractivity (Wildman–Crippen MR) is 75.1 cm³/mol. The molecule has 0 saturated heterocycles. The number of carbonyl (C=O) groups is 1. The molecule has 0 amide bonds. The van der Waals surface area contributed by atoms with Gasteiger partial charge in [-0.1, -0.05) is 36.4 Å². The average Bonchev–Trinajstić information content (AvgIpc) is 2.42. The Morgan fingerprint density at radius 2 is 1.79 bits per heavy atom. The van der Waals surface area contributed by atoms with Crippen LogP contribution in [-0.2, 0) is 6.42 Å². The van der Waals surface area contributed by atoms with Gasteiger partial charge in [-0.05, 0) is 36.6 Å². The maximum atomic E-state index is 12.5. The molecule has 2 rings (SSSR count). The summed E-state index contributed by atoms with van der Waals surface area (Å²) in [6.07, 6.45) is 0.335. The van der Waals surface area contributed by atoms with Crippen molar-refractivity contribution in [2.24, 2.45) is 0 Å². The number of nitrogens with zero attached hydrogens (tertiary/aromatic N) is 1. The quantitative estimate of drug-likeness (QED) is 0.780. The second kappa shape index (κ2) is 5.49. The molecule has 0 saturated carbocycles. The fraction of sp³-hybridized carbons (Fsp3) is 0.176. The molecule has 94 valence electrons. The zero-order valence-electron chi connectivity index (χ0n) is 11.1. The summed E-state index contributed by atoms with van der Waals surface area (Å²) < 4.78 is 0. The third kappa shape index (κ3) is 2.71. The van der Waals surface area contributed by atoms with E-state index >= 15 is 0 Å². The second-order valence-corrected chi connectivity index (χ2v) is 4.62. The van der Waals surface area contributed by atoms with Gasteiger partial charge in [-0.25, -0.2) is 0 Å². The van der Waals surface area contributed by atoms with E-state index in [1.807, 2.05) is 56.3 Å². The van der Waals surface area contributed by atoms with Gasteiger partial charge < -0.3 is 0 Å². The monoisotopic (exact) mass is 249 g/mol. The van der Waals surface area contributed by atoms with Crippen molar-refractivity contribution in [3.63, 3.8) is 0 Å². The van der Waals surface area contributed by atoms with Crippen LogP contribution in [0.5, 0.6) is 0 Å². The summed E-state index contributed by atoms with van der Waals surface area (Å²) in [4.78, 5) is 12.5. The van der Waals surface area contributed by atoms with Crippen molar-refractivity contribution in [2.75, 3.05) is 0 Å². The molecular formula is C17H15NO. The Balaban J connectivity index is 2.48. The minimum atomic E-state index is 0.0114. The molecule has 0 atom stereocenters. The van der Waals surface area contributed by atoms with Crippen LogP contribution in [-0.4, -0.2) is 5.78 Å². The van der Waals surface area contributed by atoms with Gasteiger partial charge in [-0.15, -0.1) is 0 Å². The highest BCUT2D eigenvalue weighted by Crippen LogP contribution is 2.19. The minimum Gasteiger partial charge on any atom is -0.289 e. The molecule has 0 aliphatic carbocycles. The highest BCUT2D eigenvalue weighted by atomic mass is 16.1. The first-order valence-electron chi connectivity index (χ1n) is 6.20. The van der Waals surface area contributed by atoms with E-state index in [1.165, 1.54) is 0 Å². The molecule has 0 heterocycles. The Bertz CT molecular complexity index is 651. The molecule has 0 aliphatic rings. The van der Waals surface area contributed by atoms with Crippen molar-refractivity contribution in [3.05, 3.63) is 70.3 Å². The molecule has 2 aromatic carbocycles. The summed E-state index contributed by atoms with van der Waals surface area (Å²) in [6, 6.07) is 15.2. The van der Waals surface area contributed by atoms with Crippen molar-refractivity contribution < 1.29 is 4.79 Å². The Morgan fingerprint density at radius 3 is 2.42 bits per heavy atom. The van der Waals surface area contributed by atoms with E-state index in [1.54, 1.807) is 0 Å². The summed E-state index contributed by atoms with van der Waals surface area (Å²) in [5, 5.41) is 8.83. The Labute approximate surface area is 113 Å². The van der Waals surface area contributed by atoms with Gasteiger partial charge in [0.1, 0.15) is 0 Å². The number of hydrogen-bond donors (Lipinski definition) is 0. The van der Waals surface area contributed by atoms with Gasteiger partial charge in [0.05, 0.1) is 12.5 Å². The normalized spacial score (nSPS) is 9.95. The first-order chi connectivity index (χ1) is 9.13. The molecule has 2 heteroatoms. The molecule has 2 nitrogen and oxygen atoms in total. The van der Waals surface area contributed by atoms with Crippen molar-refractivity contribution >= 4 is 5.78 Å². The summed E-state index contributed by atoms with van der Waals surface area (Å²) in [5.74, 6) is 0.0114. The largest absolute Gasteiger partial charge is 0.289 e. The lowest BCUT2D eigenvalue weighted by molar-refractivity contribution is 0.103. The summed E-state index contributed by atoms with van der Waals surface area (Å²) >= 11 is 0. The lowest BCUT2D eigenvalue weighted by Crippen LogP contribution is -2.05. The number of aryl methyl sites for hydroxylation is 2. The van der Waals surface area contributed by atoms with Crippen LogP contribution in [0.3, 0.4) is 0 Å². The van der Waals surface area contributed by atoms with Gasteiger partial charge in [-0.2, -0.15) is 5.26 Å². The molecule has 19 heavy (non-hydrogen) atoms. The van der Waals surface area contributed by atoms with Crippen molar-refractivity contribution in [1.29, 1.82) is 5.26 Å². The van der Waals surface area contributed by atoms with E-state index in [4.69, 9.17) is 5.26 Å². The number of rotatable bonds is 3. The topological polar surface area (TPSA) is 40.9 Å². The second-order valence-electron chi connectivity index (χ2n) is 4.62. The average molecular weight is 249 g/mol. The van der Waals surface area contributed by atoms with Crippen molar-refractivity contribution in [3.8, 4) is 6.07 Å². The van der Waals surface area contributed by atoms with Crippen LogP contribution in [0.15, 0.2) is 42.5 Å². The third-order valence-electron chi connectivity index (χ3n) is 3.23. The fourth-order valence-electron chi connectivity index (χ4n) is 2.16. The van der Waals surface area contributed by atoms with E-state index < -0.39 is 0 Å². The van der Waals surface area contributed by atoms with Crippen LogP contribution in [0.2, 0.25) is 0 Å². The van der Waals surface area contributed by atoms with Crippen LogP contribution in [0.4, 0.5) is 0 Å². The maximum absolute atomic E-state index is 12.5. The first-order valence-corrected chi connectivity index (χ1v) is 6.20. The smallest absolute Gasteiger partial charge is 0.193 e. The van der Waals surface area contributed by atoms with Gasteiger partial charge in [0.25, 0.3) is 0 Å². The Kier molecular flexibility index (Phi) is 3.77. The van der Waals surface area contributed by atoms with Gasteiger partial charge in [0, 0.05) is 11.1 Å². The lowest BCUT2D eigenvalue weighted by atomic mass is 9.93. The SMILES string of the molecule is Cc1cc(C)c(C(=O)c2ccccc2)cc1CC#N. The molecule has 0 N–H and O–H groups in total. The number of ketones is 1. The zero-order valence-corrected chi connectivity index (χ0v) is 11.1. The Hall–Kier alpha value is -2.40. The third-order valence-corrected chi connectivity index (χ3v) is 3.23. The standard InChI is InChI=1S/C17H15NO/c1-12-10-13(2)16(11-15(12)8-9-18)17(19)14-6-4-3-5-7-14/h3-7,10-11H,8H2,1-2H3. The number of hydrogen-bond acceptors (Lipinski definition) is 2. The fourth-order valence-corrected chi connectivity index (χ4v) is 2.16. The number of nitriles is 1. The van der Waals surface area contributed by atoms with Crippen LogP contribution in [0.1, 0.15) is 32.6 Å². The summed E-state index contributed by atoms with van der Waals surface area (Å²) in [6.45, 7) is 3.90. The molecule has 0 spiro atoms. The predicted octanol–water partition coefficient (Wildman–Crippen LogP) is 3.60. The van der Waals surface area contributed by atoms with Gasteiger partial charge in [-0.3, -0.25) is 4.79 Å². The molecule has 0 unspecified atom stereocenters. The molecule has 0 radical (unpaired) electrons. The minimum absolute atomic E-state index is 0.0114. The first kappa shape index (κ1) is 13.0. The van der Waals surface area contributed by atoms with Crippen LogP contribution in [0, 0.1) is 25.2 Å². The molecule has 0 aromatic heterocycles. The molecule has 0 bridgehead atoms. The molecular weight excluding hydrogens is 234 g/mol. The number of carbonyl (C=O) groups excluding carboxylic acids is 1.